The van der Waals surface area contributed by atoms with E-state index in [1.807, 2.05) is 24.3 Å². The van der Waals surface area contributed by atoms with E-state index in [1.165, 1.54) is 23.3 Å². The summed E-state index contributed by atoms with van der Waals surface area (Å²) >= 11 is 7.65. The fourth-order valence-corrected chi connectivity index (χ4v) is 5.84. The number of thiophene rings is 1. The van der Waals surface area contributed by atoms with Gasteiger partial charge in [0.1, 0.15) is 17.4 Å². The Morgan fingerprint density at radius 1 is 1.09 bits per heavy atom. The van der Waals surface area contributed by atoms with Crippen LogP contribution in [0.15, 0.2) is 24.3 Å². The Morgan fingerprint density at radius 3 is 2.58 bits per heavy atom. The van der Waals surface area contributed by atoms with Crippen molar-refractivity contribution in [2.75, 3.05) is 58.3 Å². The quantitative estimate of drug-likeness (QED) is 0.568. The topological polar surface area (TPSA) is 71.1 Å². The van der Waals surface area contributed by atoms with E-state index >= 15 is 0 Å². The molecule has 0 radical (unpaired) electrons. The third-order valence-corrected chi connectivity index (χ3v) is 7.67. The molecule has 0 unspecified atom stereocenters. The first kappa shape index (κ1) is 24.0. The molecular formula is C24H30ClN3O4S. The van der Waals surface area contributed by atoms with Crippen molar-refractivity contribution in [3.05, 3.63) is 45.3 Å². The van der Waals surface area contributed by atoms with Crippen LogP contribution in [0.3, 0.4) is 0 Å². The maximum Gasteiger partial charge on any atom is 0.341 e. The van der Waals surface area contributed by atoms with E-state index in [9.17, 15) is 9.59 Å². The second-order valence-electron chi connectivity index (χ2n) is 8.35. The number of carbonyl (C=O) groups is 2. The van der Waals surface area contributed by atoms with Crippen LogP contribution in [-0.4, -0.2) is 74.7 Å². The smallest absolute Gasteiger partial charge is 0.341 e. The number of aryl methyl sites for hydroxylation is 1. The highest BCUT2D eigenvalue weighted by molar-refractivity contribution is 7.17. The van der Waals surface area contributed by atoms with Crippen LogP contribution in [-0.2, 0) is 22.4 Å². The molecule has 1 saturated heterocycles. The Morgan fingerprint density at radius 2 is 1.82 bits per heavy atom. The number of halogens is 1. The van der Waals surface area contributed by atoms with Gasteiger partial charge in [-0.1, -0.05) is 23.7 Å². The van der Waals surface area contributed by atoms with Crippen molar-refractivity contribution < 1.29 is 19.1 Å². The molecule has 1 N–H and O–H groups in total. The van der Waals surface area contributed by atoms with Crippen molar-refractivity contribution in [2.45, 2.75) is 25.7 Å². The molecule has 0 atom stereocenters. The van der Waals surface area contributed by atoms with Crippen LogP contribution >= 0.6 is 22.9 Å². The van der Waals surface area contributed by atoms with Crippen molar-refractivity contribution >= 4 is 39.8 Å². The summed E-state index contributed by atoms with van der Waals surface area (Å²) < 4.78 is 10.8. The van der Waals surface area contributed by atoms with Crippen molar-refractivity contribution in [2.24, 2.45) is 0 Å². The van der Waals surface area contributed by atoms with E-state index < -0.39 is 0 Å². The van der Waals surface area contributed by atoms with Gasteiger partial charge in [-0.15, -0.1) is 11.3 Å². The molecule has 9 heteroatoms. The number of piperazine rings is 1. The Labute approximate surface area is 203 Å². The number of hydrogen-bond donors (Lipinski definition) is 1. The van der Waals surface area contributed by atoms with Gasteiger partial charge < -0.3 is 14.8 Å². The minimum atomic E-state index is -0.364. The number of rotatable bonds is 8. The molecule has 1 aromatic carbocycles. The SMILES string of the molecule is COC(=O)c1c(NC(=O)CN2CCN(CCOc3ccccc3Cl)CC2)sc2c1CCCC2. The normalized spacial score (nSPS) is 16.8. The summed E-state index contributed by atoms with van der Waals surface area (Å²) in [4.78, 5) is 30.8. The molecule has 1 aliphatic heterocycles. The Kier molecular flexibility index (Phi) is 8.25. The highest BCUT2D eigenvalue weighted by atomic mass is 35.5. The van der Waals surface area contributed by atoms with E-state index in [1.54, 1.807) is 0 Å². The van der Waals surface area contributed by atoms with Gasteiger partial charge in [-0.25, -0.2) is 4.79 Å². The van der Waals surface area contributed by atoms with Gasteiger partial charge in [0, 0.05) is 37.6 Å². The van der Waals surface area contributed by atoms with Crippen LogP contribution in [0.25, 0.3) is 0 Å². The summed E-state index contributed by atoms with van der Waals surface area (Å²) in [5.74, 6) is 0.252. The molecule has 178 valence electrons. The number of hydrogen-bond acceptors (Lipinski definition) is 7. The molecule has 1 aromatic heterocycles. The minimum absolute atomic E-state index is 0.0887. The molecule has 0 bridgehead atoms. The zero-order valence-electron chi connectivity index (χ0n) is 18.9. The van der Waals surface area contributed by atoms with Crippen molar-refractivity contribution in [1.29, 1.82) is 0 Å². The van der Waals surface area contributed by atoms with Crippen LogP contribution in [0.2, 0.25) is 5.02 Å². The van der Waals surface area contributed by atoms with Gasteiger partial charge in [-0.2, -0.15) is 0 Å². The number of anilines is 1. The maximum atomic E-state index is 12.8. The van der Waals surface area contributed by atoms with Gasteiger partial charge in [0.15, 0.2) is 0 Å². The first-order chi connectivity index (χ1) is 16.0. The summed E-state index contributed by atoms with van der Waals surface area (Å²) in [7, 11) is 1.39. The average molecular weight is 492 g/mol. The number of carbonyl (C=O) groups excluding carboxylic acids is 2. The molecule has 1 aliphatic carbocycles. The van der Waals surface area contributed by atoms with E-state index in [4.69, 9.17) is 21.1 Å². The lowest BCUT2D eigenvalue weighted by Crippen LogP contribution is -2.49. The average Bonchev–Trinajstić information content (AvgIpc) is 3.18. The Bertz CT molecular complexity index is 988. The largest absolute Gasteiger partial charge is 0.491 e. The van der Waals surface area contributed by atoms with Crippen molar-refractivity contribution in [1.82, 2.24) is 9.80 Å². The molecule has 0 saturated carbocycles. The lowest BCUT2D eigenvalue weighted by molar-refractivity contribution is -0.117. The predicted octanol–water partition coefficient (Wildman–Crippen LogP) is 3.70. The predicted molar refractivity (Wildman–Crippen MR) is 131 cm³/mol. The third kappa shape index (κ3) is 6.06. The summed E-state index contributed by atoms with van der Waals surface area (Å²) in [6.45, 7) is 5.07. The first-order valence-corrected chi connectivity index (χ1v) is 12.6. The zero-order valence-corrected chi connectivity index (χ0v) is 20.5. The Hall–Kier alpha value is -2.13. The number of methoxy groups -OCH3 is 1. The molecule has 7 nitrogen and oxygen atoms in total. The molecule has 2 heterocycles. The van der Waals surface area contributed by atoms with E-state index in [0.717, 1.165) is 64.0 Å². The third-order valence-electron chi connectivity index (χ3n) is 6.15. The minimum Gasteiger partial charge on any atom is -0.491 e. The van der Waals surface area contributed by atoms with Crippen LogP contribution in [0.1, 0.15) is 33.6 Å². The van der Waals surface area contributed by atoms with Crippen LogP contribution in [0.4, 0.5) is 5.00 Å². The fourth-order valence-electron chi connectivity index (χ4n) is 4.36. The van der Waals surface area contributed by atoms with Crippen LogP contribution in [0.5, 0.6) is 5.75 Å². The van der Waals surface area contributed by atoms with Gasteiger partial charge in [-0.3, -0.25) is 14.6 Å². The number of nitrogens with one attached hydrogen (secondary N) is 1. The van der Waals surface area contributed by atoms with E-state index in [-0.39, 0.29) is 11.9 Å². The molecule has 33 heavy (non-hydrogen) atoms. The number of ether oxygens (including phenoxy) is 2. The van der Waals surface area contributed by atoms with E-state index in [0.29, 0.717) is 34.5 Å². The highest BCUT2D eigenvalue weighted by Gasteiger charge is 2.27. The van der Waals surface area contributed by atoms with E-state index in [2.05, 4.69) is 15.1 Å². The first-order valence-electron chi connectivity index (χ1n) is 11.4. The molecule has 1 amide bonds. The van der Waals surface area contributed by atoms with Crippen LogP contribution in [0, 0.1) is 0 Å². The summed E-state index contributed by atoms with van der Waals surface area (Å²) in [6, 6.07) is 7.48. The molecule has 0 spiro atoms. The Balaban J connectivity index is 1.24. The number of nitrogens with zero attached hydrogens (tertiary/aromatic N) is 2. The van der Waals surface area contributed by atoms with Gasteiger partial charge in [0.05, 0.1) is 24.2 Å². The number of amides is 1. The van der Waals surface area contributed by atoms with Gasteiger partial charge >= 0.3 is 5.97 Å². The van der Waals surface area contributed by atoms with Gasteiger partial charge in [-0.05, 0) is 43.4 Å². The fraction of sp³-hybridized carbons (Fsp3) is 0.500. The number of para-hydroxylation sites is 1. The molecule has 4 rings (SSSR count). The van der Waals surface area contributed by atoms with Crippen molar-refractivity contribution in [3.8, 4) is 5.75 Å². The molecule has 1 fully saturated rings. The lowest BCUT2D eigenvalue weighted by Gasteiger charge is -2.34. The lowest BCUT2D eigenvalue weighted by atomic mass is 9.95. The summed E-state index contributed by atoms with van der Waals surface area (Å²) in [6.07, 6.45) is 4.01. The molecule has 2 aliphatic rings. The molecule has 2 aromatic rings. The van der Waals surface area contributed by atoms with Crippen LogP contribution < -0.4 is 10.1 Å². The van der Waals surface area contributed by atoms with Crippen molar-refractivity contribution in [3.63, 3.8) is 0 Å². The monoisotopic (exact) mass is 491 g/mol. The number of fused-ring (bicyclic) bond motifs is 1. The zero-order chi connectivity index (χ0) is 23.2. The number of benzene rings is 1. The van der Waals surface area contributed by atoms with Gasteiger partial charge in [0.2, 0.25) is 5.91 Å². The molecular weight excluding hydrogens is 462 g/mol. The summed E-state index contributed by atoms with van der Waals surface area (Å²) in [5.41, 5.74) is 1.61. The second kappa shape index (κ2) is 11.3. The highest BCUT2D eigenvalue weighted by Crippen LogP contribution is 2.38. The summed E-state index contributed by atoms with van der Waals surface area (Å²) in [5, 5.41) is 4.24. The van der Waals surface area contributed by atoms with Gasteiger partial charge in [0.25, 0.3) is 0 Å². The maximum absolute atomic E-state index is 12.8. The number of esters is 1. The standard InChI is InChI=1S/C24H30ClN3O4S/c1-31-24(30)22-17-6-2-5-9-20(17)33-23(22)26-21(29)16-28-12-10-27(11-13-28)14-15-32-19-8-4-3-7-18(19)25/h3-4,7-8H,2,5-6,9-16H2,1H3,(H,26,29). The second-order valence-corrected chi connectivity index (χ2v) is 9.86.